The predicted molar refractivity (Wildman–Crippen MR) is 85.9 cm³/mol. The zero-order valence-corrected chi connectivity index (χ0v) is 13.7. The molecule has 6 heteroatoms. The molecule has 1 aromatic carbocycles. The summed E-state index contributed by atoms with van der Waals surface area (Å²) in [5.41, 5.74) is 1.81. The molecule has 0 aliphatic carbocycles. The maximum atomic E-state index is 12.3. The second-order valence-corrected chi connectivity index (χ2v) is 5.90. The lowest BCUT2D eigenvalue weighted by molar-refractivity contribution is 0.0501. The van der Waals surface area contributed by atoms with Crippen molar-refractivity contribution < 1.29 is 14.3 Å². The van der Waals surface area contributed by atoms with Gasteiger partial charge < -0.3 is 14.4 Å². The molecule has 0 atom stereocenters. The first-order valence-corrected chi connectivity index (χ1v) is 7.59. The van der Waals surface area contributed by atoms with Crippen molar-refractivity contribution in [2.75, 3.05) is 27.3 Å². The summed E-state index contributed by atoms with van der Waals surface area (Å²) in [6, 6.07) is 5.91. The Labute approximate surface area is 135 Å². The third-order valence-corrected chi connectivity index (χ3v) is 4.13. The van der Waals surface area contributed by atoms with E-state index in [-0.39, 0.29) is 5.91 Å². The molecule has 1 amide bonds. The van der Waals surface area contributed by atoms with Gasteiger partial charge in [-0.25, -0.2) is 0 Å². The van der Waals surface area contributed by atoms with Gasteiger partial charge in [0.2, 0.25) is 0 Å². The Morgan fingerprint density at radius 3 is 2.39 bits per heavy atom. The van der Waals surface area contributed by atoms with Gasteiger partial charge in [-0.1, -0.05) is 0 Å². The maximum absolute atomic E-state index is 12.3. The highest BCUT2D eigenvalue weighted by molar-refractivity contribution is 5.94. The average Bonchev–Trinajstić information content (AvgIpc) is 2.96. The molecule has 1 fully saturated rings. The van der Waals surface area contributed by atoms with Crippen molar-refractivity contribution in [2.24, 2.45) is 13.0 Å². The lowest BCUT2D eigenvalue weighted by Gasteiger charge is -2.39. The number of amides is 1. The molecule has 6 nitrogen and oxygen atoms in total. The fourth-order valence-corrected chi connectivity index (χ4v) is 2.90. The van der Waals surface area contributed by atoms with Crippen LogP contribution in [0.5, 0.6) is 11.5 Å². The SMILES string of the molecule is COc1cc(CC2CN(C(=O)c3cnn(C)c3)C2)cc(OC)c1. The highest BCUT2D eigenvalue weighted by Gasteiger charge is 2.31. The predicted octanol–water partition coefficient (Wildman–Crippen LogP) is 1.75. The van der Waals surface area contributed by atoms with Crippen molar-refractivity contribution in [1.29, 1.82) is 0 Å². The van der Waals surface area contributed by atoms with Crippen LogP contribution in [0, 0.1) is 5.92 Å². The van der Waals surface area contributed by atoms with Crippen LogP contribution in [-0.2, 0) is 13.5 Å². The first kappa shape index (κ1) is 15.4. The first-order valence-electron chi connectivity index (χ1n) is 7.59. The first-order chi connectivity index (χ1) is 11.1. The summed E-state index contributed by atoms with van der Waals surface area (Å²) in [6.07, 6.45) is 4.27. The molecule has 1 aliphatic rings. The summed E-state index contributed by atoms with van der Waals surface area (Å²) in [5.74, 6) is 2.11. The van der Waals surface area contributed by atoms with Gasteiger partial charge in [0.1, 0.15) is 11.5 Å². The number of methoxy groups -OCH3 is 2. The van der Waals surface area contributed by atoms with Gasteiger partial charge in [-0.15, -0.1) is 0 Å². The van der Waals surface area contributed by atoms with E-state index in [1.807, 2.05) is 30.1 Å². The second-order valence-electron chi connectivity index (χ2n) is 5.90. The minimum absolute atomic E-state index is 0.0533. The van der Waals surface area contributed by atoms with Crippen LogP contribution in [-0.4, -0.2) is 47.9 Å². The van der Waals surface area contributed by atoms with Gasteiger partial charge in [-0.3, -0.25) is 9.48 Å². The highest BCUT2D eigenvalue weighted by atomic mass is 16.5. The Morgan fingerprint density at radius 1 is 1.22 bits per heavy atom. The number of carbonyl (C=O) groups is 1. The van der Waals surface area contributed by atoms with Crippen LogP contribution in [0.4, 0.5) is 0 Å². The molecule has 122 valence electrons. The summed E-state index contributed by atoms with van der Waals surface area (Å²) < 4.78 is 12.2. The Morgan fingerprint density at radius 2 is 1.87 bits per heavy atom. The standard InChI is InChI=1S/C17H21N3O3/c1-19-11-14(8-18-19)17(21)20-9-13(10-20)4-12-5-15(22-2)7-16(6-12)23-3/h5-8,11,13H,4,9-10H2,1-3H3. The van der Waals surface area contributed by atoms with Crippen molar-refractivity contribution >= 4 is 5.91 Å². The molecule has 0 unspecified atom stereocenters. The fourth-order valence-electron chi connectivity index (χ4n) is 2.90. The molecular formula is C17H21N3O3. The van der Waals surface area contributed by atoms with E-state index < -0.39 is 0 Å². The number of benzene rings is 1. The van der Waals surface area contributed by atoms with Crippen LogP contribution in [0.2, 0.25) is 0 Å². The van der Waals surface area contributed by atoms with Crippen LogP contribution in [0.25, 0.3) is 0 Å². The number of nitrogens with zero attached hydrogens (tertiary/aromatic N) is 3. The Bertz CT molecular complexity index is 683. The minimum atomic E-state index is 0.0533. The number of likely N-dealkylation sites (tertiary alicyclic amines) is 1. The summed E-state index contributed by atoms with van der Waals surface area (Å²) in [4.78, 5) is 14.1. The van der Waals surface area contributed by atoms with Crippen molar-refractivity contribution in [3.05, 3.63) is 41.7 Å². The molecule has 2 aromatic rings. The van der Waals surface area contributed by atoms with E-state index >= 15 is 0 Å². The molecular weight excluding hydrogens is 294 g/mol. The highest BCUT2D eigenvalue weighted by Crippen LogP contribution is 2.27. The van der Waals surface area contributed by atoms with Crippen molar-refractivity contribution in [2.45, 2.75) is 6.42 Å². The molecule has 0 spiro atoms. The number of aryl methyl sites for hydroxylation is 1. The van der Waals surface area contributed by atoms with E-state index in [1.165, 1.54) is 5.56 Å². The molecule has 3 rings (SSSR count). The Balaban J connectivity index is 1.59. The number of rotatable bonds is 5. The number of aromatic nitrogens is 2. The van der Waals surface area contributed by atoms with Gasteiger partial charge in [-0.2, -0.15) is 5.10 Å². The van der Waals surface area contributed by atoms with Gasteiger partial charge in [0.15, 0.2) is 0 Å². The van der Waals surface area contributed by atoms with Gasteiger partial charge in [0.25, 0.3) is 5.91 Å². The molecule has 0 N–H and O–H groups in total. The van der Waals surface area contributed by atoms with Crippen LogP contribution < -0.4 is 9.47 Å². The van der Waals surface area contributed by atoms with Crippen LogP contribution >= 0.6 is 0 Å². The maximum Gasteiger partial charge on any atom is 0.257 e. The molecule has 1 aliphatic heterocycles. The van der Waals surface area contributed by atoms with Crippen molar-refractivity contribution in [3.63, 3.8) is 0 Å². The van der Waals surface area contributed by atoms with Gasteiger partial charge in [-0.05, 0) is 30.0 Å². The molecule has 23 heavy (non-hydrogen) atoms. The monoisotopic (exact) mass is 315 g/mol. The average molecular weight is 315 g/mol. The normalized spacial score (nSPS) is 14.5. The summed E-state index contributed by atoms with van der Waals surface area (Å²) in [7, 11) is 5.11. The molecule has 0 radical (unpaired) electrons. The van der Waals surface area contributed by atoms with Gasteiger partial charge >= 0.3 is 0 Å². The van der Waals surface area contributed by atoms with E-state index in [0.29, 0.717) is 11.5 Å². The second kappa shape index (κ2) is 6.32. The van der Waals surface area contributed by atoms with Crippen molar-refractivity contribution in [3.8, 4) is 11.5 Å². The Hall–Kier alpha value is -2.50. The molecule has 1 saturated heterocycles. The molecule has 0 saturated carbocycles. The van der Waals surface area contributed by atoms with E-state index in [4.69, 9.17) is 9.47 Å². The quantitative estimate of drug-likeness (QED) is 0.843. The molecule has 2 heterocycles. The lowest BCUT2D eigenvalue weighted by Crippen LogP contribution is -2.50. The van der Waals surface area contributed by atoms with E-state index in [2.05, 4.69) is 5.10 Å². The van der Waals surface area contributed by atoms with E-state index in [9.17, 15) is 4.79 Å². The minimum Gasteiger partial charge on any atom is -0.497 e. The number of carbonyl (C=O) groups excluding carboxylic acids is 1. The third-order valence-electron chi connectivity index (χ3n) is 4.13. The summed E-state index contributed by atoms with van der Waals surface area (Å²) in [5, 5.41) is 4.04. The van der Waals surface area contributed by atoms with Crippen molar-refractivity contribution in [1.82, 2.24) is 14.7 Å². The largest absolute Gasteiger partial charge is 0.497 e. The zero-order valence-electron chi connectivity index (χ0n) is 13.7. The summed E-state index contributed by atoms with van der Waals surface area (Å²) in [6.45, 7) is 1.54. The smallest absolute Gasteiger partial charge is 0.257 e. The fraction of sp³-hybridized carbons (Fsp3) is 0.412. The summed E-state index contributed by atoms with van der Waals surface area (Å²) >= 11 is 0. The van der Waals surface area contributed by atoms with E-state index in [0.717, 1.165) is 31.0 Å². The zero-order chi connectivity index (χ0) is 16.4. The topological polar surface area (TPSA) is 56.6 Å². The third kappa shape index (κ3) is 3.31. The van der Waals surface area contributed by atoms with Gasteiger partial charge in [0, 0.05) is 32.4 Å². The number of hydrogen-bond acceptors (Lipinski definition) is 4. The van der Waals surface area contributed by atoms with E-state index in [1.54, 1.807) is 31.3 Å². The van der Waals surface area contributed by atoms with Gasteiger partial charge in [0.05, 0.1) is 26.0 Å². The Kier molecular flexibility index (Phi) is 4.23. The number of hydrogen-bond donors (Lipinski definition) is 0. The molecule has 1 aromatic heterocycles. The van der Waals surface area contributed by atoms with Crippen LogP contribution in [0.1, 0.15) is 15.9 Å². The number of ether oxygens (including phenoxy) is 2. The molecule has 0 bridgehead atoms. The lowest BCUT2D eigenvalue weighted by atomic mass is 9.91. The van der Waals surface area contributed by atoms with Crippen LogP contribution in [0.15, 0.2) is 30.6 Å². The van der Waals surface area contributed by atoms with Crippen LogP contribution in [0.3, 0.4) is 0 Å².